The van der Waals surface area contributed by atoms with Crippen LogP contribution in [0.1, 0.15) is 17.5 Å². The number of aryl methyl sites for hydroxylation is 1. The van der Waals surface area contributed by atoms with Crippen molar-refractivity contribution in [1.82, 2.24) is 5.43 Å². The van der Waals surface area contributed by atoms with Crippen LogP contribution in [0.5, 0.6) is 11.5 Å². The van der Waals surface area contributed by atoms with E-state index < -0.39 is 0 Å². The maximum Gasteiger partial charge on any atom is 0.240 e. The lowest BCUT2D eigenvalue weighted by atomic mass is 10.1. The van der Waals surface area contributed by atoms with E-state index >= 15 is 0 Å². The fourth-order valence-corrected chi connectivity index (χ4v) is 1.94. The van der Waals surface area contributed by atoms with Gasteiger partial charge in [0.15, 0.2) is 11.5 Å². The van der Waals surface area contributed by atoms with E-state index in [1.165, 1.54) is 13.3 Å². The lowest BCUT2D eigenvalue weighted by Gasteiger charge is -2.05. The number of benzene rings is 2. The van der Waals surface area contributed by atoms with Crippen molar-refractivity contribution in [3.05, 3.63) is 59.7 Å². The molecule has 5 heteroatoms. The van der Waals surface area contributed by atoms with Crippen LogP contribution in [-0.4, -0.2) is 24.3 Å². The quantitative estimate of drug-likeness (QED) is 0.636. The third kappa shape index (κ3) is 4.34. The molecule has 0 aliphatic heterocycles. The van der Waals surface area contributed by atoms with Gasteiger partial charge in [-0.05, 0) is 24.1 Å². The third-order valence-electron chi connectivity index (χ3n) is 3.13. The number of hydrogen-bond donors (Lipinski definition) is 2. The largest absolute Gasteiger partial charge is 0.504 e. The number of phenolic OH excluding ortho intramolecular Hbond substituents is 1. The van der Waals surface area contributed by atoms with Crippen LogP contribution in [0.15, 0.2) is 53.6 Å². The van der Waals surface area contributed by atoms with Crippen molar-refractivity contribution in [3.8, 4) is 11.5 Å². The van der Waals surface area contributed by atoms with Gasteiger partial charge < -0.3 is 9.84 Å². The molecule has 0 saturated heterocycles. The molecule has 0 radical (unpaired) electrons. The molecule has 1 amide bonds. The van der Waals surface area contributed by atoms with Crippen molar-refractivity contribution >= 4 is 12.1 Å². The first-order chi connectivity index (χ1) is 10.7. The molecular weight excluding hydrogens is 280 g/mol. The number of para-hydroxylation sites is 1. The lowest BCUT2D eigenvalue weighted by Crippen LogP contribution is -2.17. The minimum atomic E-state index is -0.178. The van der Waals surface area contributed by atoms with E-state index in [0.717, 1.165) is 5.56 Å². The number of nitrogens with zero attached hydrogens (tertiary/aromatic N) is 1. The average molecular weight is 298 g/mol. The Hall–Kier alpha value is -2.82. The van der Waals surface area contributed by atoms with Crippen LogP contribution >= 0.6 is 0 Å². The van der Waals surface area contributed by atoms with Gasteiger partial charge in [0.05, 0.1) is 13.3 Å². The van der Waals surface area contributed by atoms with Crippen LogP contribution in [0.2, 0.25) is 0 Å². The highest BCUT2D eigenvalue weighted by Crippen LogP contribution is 2.27. The first-order valence-corrected chi connectivity index (χ1v) is 6.92. The van der Waals surface area contributed by atoms with Gasteiger partial charge in [-0.3, -0.25) is 4.79 Å². The number of nitrogens with one attached hydrogen (secondary N) is 1. The first-order valence-electron chi connectivity index (χ1n) is 6.92. The highest BCUT2D eigenvalue weighted by Gasteiger charge is 2.05. The van der Waals surface area contributed by atoms with Gasteiger partial charge in [-0.25, -0.2) is 5.43 Å². The second-order valence-corrected chi connectivity index (χ2v) is 4.68. The fourth-order valence-electron chi connectivity index (χ4n) is 1.94. The van der Waals surface area contributed by atoms with Crippen LogP contribution < -0.4 is 10.2 Å². The predicted molar refractivity (Wildman–Crippen MR) is 85.2 cm³/mol. The van der Waals surface area contributed by atoms with Gasteiger partial charge in [-0.15, -0.1) is 0 Å². The summed E-state index contributed by atoms with van der Waals surface area (Å²) in [6, 6.07) is 14.8. The Labute approximate surface area is 129 Å². The summed E-state index contributed by atoms with van der Waals surface area (Å²) in [4.78, 5) is 11.7. The van der Waals surface area contributed by atoms with Crippen molar-refractivity contribution in [1.29, 1.82) is 0 Å². The molecule has 114 valence electrons. The molecule has 0 heterocycles. The number of ether oxygens (including phenoxy) is 1. The van der Waals surface area contributed by atoms with Gasteiger partial charge in [0.2, 0.25) is 5.91 Å². The molecule has 0 atom stereocenters. The molecule has 2 N–H and O–H groups in total. The standard InChI is InChI=1S/C17H18N2O3/c1-22-15-9-5-8-14(17(15)21)12-18-19-16(20)11-10-13-6-3-2-4-7-13/h2-9,12,21H,10-11H2,1H3,(H,19,20)/b18-12-. The number of rotatable bonds is 6. The van der Waals surface area contributed by atoms with E-state index in [9.17, 15) is 9.90 Å². The first kappa shape index (κ1) is 15.6. The molecule has 2 aromatic carbocycles. The average Bonchev–Trinajstić information content (AvgIpc) is 2.55. The number of aromatic hydroxyl groups is 1. The SMILES string of the molecule is COc1cccc(/C=N\NC(=O)CCc2ccccc2)c1O. The van der Waals surface area contributed by atoms with Gasteiger partial charge in [0.25, 0.3) is 0 Å². The highest BCUT2D eigenvalue weighted by molar-refractivity contribution is 5.86. The number of hydrazone groups is 1. The molecule has 0 bridgehead atoms. The normalized spacial score (nSPS) is 10.6. The van der Waals surface area contributed by atoms with E-state index in [2.05, 4.69) is 10.5 Å². The summed E-state index contributed by atoms with van der Waals surface area (Å²) in [5.74, 6) is 0.175. The molecule has 0 aliphatic rings. The second-order valence-electron chi connectivity index (χ2n) is 4.68. The fraction of sp³-hybridized carbons (Fsp3) is 0.176. The monoisotopic (exact) mass is 298 g/mol. The summed E-state index contributed by atoms with van der Waals surface area (Å²) in [6.45, 7) is 0. The number of hydrogen-bond acceptors (Lipinski definition) is 4. The Morgan fingerprint density at radius 2 is 2.00 bits per heavy atom. The molecule has 0 spiro atoms. The lowest BCUT2D eigenvalue weighted by molar-refractivity contribution is -0.121. The second kappa shape index (κ2) is 7.83. The molecule has 0 fully saturated rings. The zero-order valence-corrected chi connectivity index (χ0v) is 12.3. The Kier molecular flexibility index (Phi) is 5.54. The van der Waals surface area contributed by atoms with Crippen molar-refractivity contribution in [3.63, 3.8) is 0 Å². The summed E-state index contributed by atoms with van der Waals surface area (Å²) in [5.41, 5.74) is 4.02. The Bertz CT molecular complexity index is 654. The molecule has 0 aliphatic carbocycles. The van der Waals surface area contributed by atoms with E-state index in [1.807, 2.05) is 30.3 Å². The van der Waals surface area contributed by atoms with Crippen LogP contribution in [0.3, 0.4) is 0 Å². The summed E-state index contributed by atoms with van der Waals surface area (Å²) >= 11 is 0. The van der Waals surface area contributed by atoms with E-state index in [1.54, 1.807) is 18.2 Å². The van der Waals surface area contributed by atoms with E-state index in [0.29, 0.717) is 24.2 Å². The summed E-state index contributed by atoms with van der Waals surface area (Å²) in [7, 11) is 1.47. The summed E-state index contributed by atoms with van der Waals surface area (Å²) in [6.07, 6.45) is 2.40. The minimum absolute atomic E-state index is 0.00714. The molecule has 2 aromatic rings. The van der Waals surface area contributed by atoms with E-state index in [-0.39, 0.29) is 11.7 Å². The smallest absolute Gasteiger partial charge is 0.240 e. The number of carbonyl (C=O) groups is 1. The molecule has 2 rings (SSSR count). The number of amides is 1. The molecular formula is C17H18N2O3. The summed E-state index contributed by atoms with van der Waals surface area (Å²) < 4.78 is 5.00. The van der Waals surface area contributed by atoms with Gasteiger partial charge in [-0.1, -0.05) is 36.4 Å². The van der Waals surface area contributed by atoms with Crippen molar-refractivity contribution in [2.75, 3.05) is 7.11 Å². The van der Waals surface area contributed by atoms with Crippen LogP contribution in [0.25, 0.3) is 0 Å². The van der Waals surface area contributed by atoms with Crippen LogP contribution in [-0.2, 0) is 11.2 Å². The predicted octanol–water partition coefficient (Wildman–Crippen LogP) is 2.48. The van der Waals surface area contributed by atoms with Gasteiger partial charge in [-0.2, -0.15) is 5.10 Å². The molecule has 0 saturated carbocycles. The van der Waals surface area contributed by atoms with Gasteiger partial charge in [0, 0.05) is 12.0 Å². The maximum atomic E-state index is 11.7. The molecule has 0 aromatic heterocycles. The topological polar surface area (TPSA) is 70.9 Å². The molecule has 0 unspecified atom stereocenters. The van der Waals surface area contributed by atoms with Crippen molar-refractivity contribution in [2.24, 2.45) is 5.10 Å². The van der Waals surface area contributed by atoms with Crippen LogP contribution in [0.4, 0.5) is 0 Å². The Morgan fingerprint density at radius 1 is 1.23 bits per heavy atom. The highest BCUT2D eigenvalue weighted by atomic mass is 16.5. The van der Waals surface area contributed by atoms with E-state index in [4.69, 9.17) is 4.74 Å². The number of carbonyl (C=O) groups excluding carboxylic acids is 1. The van der Waals surface area contributed by atoms with Crippen LogP contribution in [0, 0.1) is 0 Å². The maximum absolute atomic E-state index is 11.7. The Morgan fingerprint density at radius 3 is 2.73 bits per heavy atom. The zero-order valence-electron chi connectivity index (χ0n) is 12.3. The molecule has 22 heavy (non-hydrogen) atoms. The van der Waals surface area contributed by atoms with Gasteiger partial charge >= 0.3 is 0 Å². The van der Waals surface area contributed by atoms with Crippen molar-refractivity contribution < 1.29 is 14.6 Å². The van der Waals surface area contributed by atoms with Crippen molar-refractivity contribution in [2.45, 2.75) is 12.8 Å². The third-order valence-corrected chi connectivity index (χ3v) is 3.13. The minimum Gasteiger partial charge on any atom is -0.504 e. The molecule has 5 nitrogen and oxygen atoms in total. The Balaban J connectivity index is 1.86. The summed E-state index contributed by atoms with van der Waals surface area (Å²) in [5, 5.41) is 13.7. The number of methoxy groups -OCH3 is 1. The zero-order chi connectivity index (χ0) is 15.8. The van der Waals surface area contributed by atoms with Gasteiger partial charge in [0.1, 0.15) is 0 Å². The number of phenols is 1.